The lowest BCUT2D eigenvalue weighted by molar-refractivity contribution is 0.262. The zero-order valence-corrected chi connectivity index (χ0v) is 7.28. The normalized spacial score (nSPS) is 13.4. The summed E-state index contributed by atoms with van der Waals surface area (Å²) in [5, 5.41) is 0. The molecule has 0 N–H and O–H groups in total. The molecule has 0 saturated heterocycles. The van der Waals surface area contributed by atoms with E-state index in [9.17, 15) is 8.78 Å². The van der Waals surface area contributed by atoms with Crippen molar-refractivity contribution in [2.24, 2.45) is 0 Å². The summed E-state index contributed by atoms with van der Waals surface area (Å²) in [6, 6.07) is 0. The molecular weight excluding hydrogens is 146 g/mol. The standard InChI is InChI=1S/C9H18F2/c1-2-3-4-5-6-9(11)7-8-10/h9H,2-8H2,1H3/t9-/m0/s1. The first-order chi connectivity index (χ1) is 5.31. The van der Waals surface area contributed by atoms with Crippen LogP contribution in [0.1, 0.15) is 45.4 Å². The van der Waals surface area contributed by atoms with Gasteiger partial charge in [0.25, 0.3) is 0 Å². The third kappa shape index (κ3) is 7.76. The lowest BCUT2D eigenvalue weighted by atomic mass is 10.1. The molecule has 0 aromatic carbocycles. The van der Waals surface area contributed by atoms with Crippen LogP contribution in [0.5, 0.6) is 0 Å². The van der Waals surface area contributed by atoms with Gasteiger partial charge in [-0.2, -0.15) is 0 Å². The van der Waals surface area contributed by atoms with Crippen LogP contribution in [0.15, 0.2) is 0 Å². The second-order valence-electron chi connectivity index (χ2n) is 2.92. The van der Waals surface area contributed by atoms with Crippen LogP contribution in [-0.2, 0) is 0 Å². The van der Waals surface area contributed by atoms with E-state index in [2.05, 4.69) is 6.92 Å². The summed E-state index contributed by atoms with van der Waals surface area (Å²) in [6.07, 6.45) is 4.06. The number of alkyl halides is 2. The van der Waals surface area contributed by atoms with Gasteiger partial charge in [-0.3, -0.25) is 4.39 Å². The highest BCUT2D eigenvalue weighted by molar-refractivity contribution is 4.55. The predicted molar refractivity (Wildman–Crippen MR) is 44.2 cm³/mol. The summed E-state index contributed by atoms with van der Waals surface area (Å²) in [7, 11) is 0. The topological polar surface area (TPSA) is 0 Å². The van der Waals surface area contributed by atoms with Crippen LogP contribution in [0.4, 0.5) is 8.78 Å². The average molecular weight is 164 g/mol. The van der Waals surface area contributed by atoms with Crippen molar-refractivity contribution in [1.29, 1.82) is 0 Å². The Morgan fingerprint density at radius 3 is 2.36 bits per heavy atom. The van der Waals surface area contributed by atoms with E-state index in [0.717, 1.165) is 12.8 Å². The highest BCUT2D eigenvalue weighted by atomic mass is 19.1. The quantitative estimate of drug-likeness (QED) is 0.504. The Hall–Kier alpha value is -0.140. The van der Waals surface area contributed by atoms with E-state index in [4.69, 9.17) is 0 Å². The molecule has 0 spiro atoms. The maximum absolute atomic E-state index is 12.6. The summed E-state index contributed by atoms with van der Waals surface area (Å²) < 4.78 is 24.2. The summed E-state index contributed by atoms with van der Waals surface area (Å²) in [4.78, 5) is 0. The number of unbranched alkanes of at least 4 members (excludes halogenated alkanes) is 3. The van der Waals surface area contributed by atoms with Crippen LogP contribution in [-0.4, -0.2) is 12.8 Å². The molecule has 68 valence electrons. The fourth-order valence-corrected chi connectivity index (χ4v) is 1.06. The largest absolute Gasteiger partial charge is 0.251 e. The van der Waals surface area contributed by atoms with Gasteiger partial charge in [0, 0.05) is 6.42 Å². The molecule has 0 amide bonds. The molecule has 0 nitrogen and oxygen atoms in total. The van der Waals surface area contributed by atoms with Crippen LogP contribution in [0.3, 0.4) is 0 Å². The van der Waals surface area contributed by atoms with Crippen molar-refractivity contribution in [2.45, 2.75) is 51.6 Å². The van der Waals surface area contributed by atoms with Gasteiger partial charge in [0.15, 0.2) is 0 Å². The van der Waals surface area contributed by atoms with Gasteiger partial charge in [0.05, 0.1) is 6.67 Å². The molecule has 0 heterocycles. The molecule has 0 rings (SSSR count). The first-order valence-electron chi connectivity index (χ1n) is 4.51. The zero-order chi connectivity index (χ0) is 8.53. The molecule has 0 saturated carbocycles. The van der Waals surface area contributed by atoms with E-state index >= 15 is 0 Å². The number of hydrogen-bond acceptors (Lipinski definition) is 0. The Morgan fingerprint density at radius 1 is 1.09 bits per heavy atom. The minimum atomic E-state index is -0.906. The molecule has 0 bridgehead atoms. The van der Waals surface area contributed by atoms with E-state index in [1.807, 2.05) is 0 Å². The maximum atomic E-state index is 12.6. The highest BCUT2D eigenvalue weighted by Crippen LogP contribution is 2.10. The summed E-state index contributed by atoms with van der Waals surface area (Å²) in [5.41, 5.74) is 0. The lowest BCUT2D eigenvalue weighted by Crippen LogP contribution is -2.00. The molecule has 0 aromatic rings. The third-order valence-corrected chi connectivity index (χ3v) is 1.79. The van der Waals surface area contributed by atoms with Crippen LogP contribution >= 0.6 is 0 Å². The Bertz CT molecular complexity index is 74.0. The Labute approximate surface area is 68.0 Å². The van der Waals surface area contributed by atoms with E-state index in [1.54, 1.807) is 0 Å². The van der Waals surface area contributed by atoms with Crippen molar-refractivity contribution < 1.29 is 8.78 Å². The average Bonchev–Trinajstić information content (AvgIpc) is 1.99. The second kappa shape index (κ2) is 7.96. The van der Waals surface area contributed by atoms with Gasteiger partial charge in [-0.1, -0.05) is 32.6 Å². The first kappa shape index (κ1) is 10.9. The SMILES string of the molecule is CCCCCC[C@H](F)CCF. The minimum absolute atomic E-state index is 0.0894. The lowest BCUT2D eigenvalue weighted by Gasteiger charge is -2.03. The van der Waals surface area contributed by atoms with Crippen molar-refractivity contribution in [3.63, 3.8) is 0 Å². The van der Waals surface area contributed by atoms with Crippen LogP contribution in [0, 0.1) is 0 Å². The van der Waals surface area contributed by atoms with E-state index in [0.29, 0.717) is 6.42 Å². The number of hydrogen-bond donors (Lipinski definition) is 0. The van der Waals surface area contributed by atoms with Crippen molar-refractivity contribution in [3.05, 3.63) is 0 Å². The fraction of sp³-hybridized carbons (Fsp3) is 1.00. The van der Waals surface area contributed by atoms with Crippen LogP contribution in [0.2, 0.25) is 0 Å². The number of halogens is 2. The van der Waals surface area contributed by atoms with E-state index < -0.39 is 12.8 Å². The van der Waals surface area contributed by atoms with Crippen molar-refractivity contribution >= 4 is 0 Å². The minimum Gasteiger partial charge on any atom is -0.251 e. The summed E-state index contributed by atoms with van der Waals surface area (Å²) in [6.45, 7) is 1.60. The summed E-state index contributed by atoms with van der Waals surface area (Å²) >= 11 is 0. The molecule has 0 unspecified atom stereocenters. The fourth-order valence-electron chi connectivity index (χ4n) is 1.06. The molecule has 0 aromatic heterocycles. The zero-order valence-electron chi connectivity index (χ0n) is 7.28. The molecular formula is C9H18F2. The van der Waals surface area contributed by atoms with Crippen molar-refractivity contribution in [1.82, 2.24) is 0 Å². The molecule has 11 heavy (non-hydrogen) atoms. The Morgan fingerprint density at radius 2 is 1.82 bits per heavy atom. The van der Waals surface area contributed by atoms with Gasteiger partial charge < -0.3 is 0 Å². The second-order valence-corrected chi connectivity index (χ2v) is 2.92. The third-order valence-electron chi connectivity index (χ3n) is 1.79. The predicted octanol–water partition coefficient (Wildman–Crippen LogP) is 3.65. The first-order valence-corrected chi connectivity index (χ1v) is 4.51. The molecule has 0 radical (unpaired) electrons. The Kier molecular flexibility index (Phi) is 7.86. The summed E-state index contributed by atoms with van der Waals surface area (Å²) in [5.74, 6) is 0. The molecule has 0 aliphatic carbocycles. The Balaban J connectivity index is 2.97. The van der Waals surface area contributed by atoms with Gasteiger partial charge in [-0.05, 0) is 6.42 Å². The van der Waals surface area contributed by atoms with E-state index in [1.165, 1.54) is 12.8 Å². The highest BCUT2D eigenvalue weighted by Gasteiger charge is 2.04. The molecule has 2 heteroatoms. The molecule has 1 atom stereocenters. The van der Waals surface area contributed by atoms with Crippen molar-refractivity contribution in [3.8, 4) is 0 Å². The van der Waals surface area contributed by atoms with Crippen LogP contribution < -0.4 is 0 Å². The van der Waals surface area contributed by atoms with Gasteiger partial charge in [0.1, 0.15) is 6.17 Å². The van der Waals surface area contributed by atoms with Gasteiger partial charge in [-0.15, -0.1) is 0 Å². The van der Waals surface area contributed by atoms with Crippen molar-refractivity contribution in [2.75, 3.05) is 6.67 Å². The van der Waals surface area contributed by atoms with Crippen LogP contribution in [0.25, 0.3) is 0 Å². The number of rotatable bonds is 7. The maximum Gasteiger partial charge on any atom is 0.103 e. The molecule has 0 aliphatic heterocycles. The molecule has 0 fully saturated rings. The van der Waals surface area contributed by atoms with E-state index in [-0.39, 0.29) is 6.42 Å². The van der Waals surface area contributed by atoms with Gasteiger partial charge in [-0.25, -0.2) is 4.39 Å². The molecule has 0 aliphatic rings. The monoisotopic (exact) mass is 164 g/mol. The van der Waals surface area contributed by atoms with Gasteiger partial charge in [0.2, 0.25) is 0 Å². The smallest absolute Gasteiger partial charge is 0.103 e. The van der Waals surface area contributed by atoms with Gasteiger partial charge >= 0.3 is 0 Å².